The molecule has 0 aromatic carbocycles. The third-order valence-corrected chi connectivity index (χ3v) is 5.96. The number of hydrogen-bond acceptors (Lipinski definition) is 4. The zero-order valence-corrected chi connectivity index (χ0v) is 14.3. The highest BCUT2D eigenvalue weighted by Gasteiger charge is 2.28. The summed E-state index contributed by atoms with van der Waals surface area (Å²) < 4.78 is 32.9. The summed E-state index contributed by atoms with van der Waals surface area (Å²) in [5.74, 6) is 0.478. The van der Waals surface area contributed by atoms with Crippen molar-refractivity contribution in [3.8, 4) is 0 Å². The molecule has 1 aliphatic heterocycles. The van der Waals surface area contributed by atoms with Crippen molar-refractivity contribution in [2.75, 3.05) is 18.9 Å². The molecule has 3 N–H and O–H groups in total. The maximum absolute atomic E-state index is 12.3. The van der Waals surface area contributed by atoms with E-state index in [1.54, 1.807) is 0 Å². The molecule has 0 bridgehead atoms. The van der Waals surface area contributed by atoms with E-state index < -0.39 is 10.0 Å². The van der Waals surface area contributed by atoms with E-state index in [0.29, 0.717) is 19.1 Å². The van der Waals surface area contributed by atoms with Crippen molar-refractivity contribution in [3.05, 3.63) is 0 Å². The smallest absolute Gasteiger partial charge is 0.214 e. The monoisotopic (exact) mass is 340 g/mol. The van der Waals surface area contributed by atoms with Crippen LogP contribution >= 0.6 is 12.4 Å². The number of ether oxygens (including phenoxy) is 1. The SMILES string of the molecule is Cl.NCC(NS(=O)(=O)CC1CCCCO1)C1CCCCC1. The Morgan fingerprint density at radius 3 is 2.33 bits per heavy atom. The number of sulfonamides is 1. The molecule has 0 aromatic heterocycles. The normalized spacial score (nSPS) is 26.0. The lowest BCUT2D eigenvalue weighted by atomic mass is 9.84. The van der Waals surface area contributed by atoms with E-state index in [4.69, 9.17) is 10.5 Å². The fourth-order valence-corrected chi connectivity index (χ4v) is 4.93. The molecule has 2 fully saturated rings. The molecule has 0 radical (unpaired) electrons. The first-order valence-corrected chi connectivity index (χ1v) is 9.57. The average molecular weight is 341 g/mol. The summed E-state index contributed by atoms with van der Waals surface area (Å²) in [6.45, 7) is 1.07. The van der Waals surface area contributed by atoms with Crippen molar-refractivity contribution in [1.29, 1.82) is 0 Å². The second-order valence-electron chi connectivity index (χ2n) is 6.13. The van der Waals surface area contributed by atoms with Crippen molar-refractivity contribution < 1.29 is 13.2 Å². The van der Waals surface area contributed by atoms with Crippen LogP contribution in [0, 0.1) is 5.92 Å². The molecule has 2 atom stereocenters. The molecule has 21 heavy (non-hydrogen) atoms. The maximum atomic E-state index is 12.3. The number of nitrogens with two attached hydrogens (primary N) is 1. The Labute approximate surface area is 134 Å². The molecule has 2 unspecified atom stereocenters. The largest absolute Gasteiger partial charge is 0.377 e. The van der Waals surface area contributed by atoms with Gasteiger partial charge in [-0.3, -0.25) is 0 Å². The summed E-state index contributed by atoms with van der Waals surface area (Å²) in [6, 6.07) is -0.108. The van der Waals surface area contributed by atoms with E-state index in [9.17, 15) is 8.42 Å². The minimum Gasteiger partial charge on any atom is -0.377 e. The standard InChI is InChI=1S/C14H28N2O3S.ClH/c15-10-14(12-6-2-1-3-7-12)16-20(17,18)11-13-8-4-5-9-19-13;/h12-14,16H,1-11,15H2;1H. The van der Waals surface area contributed by atoms with Gasteiger partial charge in [-0.2, -0.15) is 0 Å². The highest BCUT2D eigenvalue weighted by molar-refractivity contribution is 7.89. The van der Waals surface area contributed by atoms with Gasteiger partial charge in [-0.15, -0.1) is 12.4 Å². The quantitative estimate of drug-likeness (QED) is 0.772. The Balaban J connectivity index is 0.00000220. The minimum absolute atomic E-state index is 0. The van der Waals surface area contributed by atoms with Gasteiger partial charge >= 0.3 is 0 Å². The van der Waals surface area contributed by atoms with Gasteiger partial charge in [-0.05, 0) is 38.0 Å². The number of halogens is 1. The van der Waals surface area contributed by atoms with Crippen molar-refractivity contribution in [2.45, 2.75) is 63.5 Å². The fourth-order valence-electron chi connectivity index (χ4n) is 3.34. The molecule has 7 heteroatoms. The fraction of sp³-hybridized carbons (Fsp3) is 1.00. The second-order valence-corrected chi connectivity index (χ2v) is 7.93. The van der Waals surface area contributed by atoms with Gasteiger partial charge in [0.25, 0.3) is 0 Å². The molecule has 5 nitrogen and oxygen atoms in total. The molecule has 0 spiro atoms. The third-order valence-electron chi connectivity index (χ3n) is 4.48. The van der Waals surface area contributed by atoms with E-state index in [-0.39, 0.29) is 30.3 Å². The molecular weight excluding hydrogens is 312 g/mol. The van der Waals surface area contributed by atoms with Gasteiger partial charge in [-0.25, -0.2) is 13.1 Å². The molecule has 1 saturated heterocycles. The Hall–Kier alpha value is 0.120. The maximum Gasteiger partial charge on any atom is 0.214 e. The van der Waals surface area contributed by atoms with Crippen LogP contribution in [0.1, 0.15) is 51.4 Å². The predicted molar refractivity (Wildman–Crippen MR) is 87.2 cm³/mol. The van der Waals surface area contributed by atoms with E-state index in [1.807, 2.05) is 0 Å². The Morgan fingerprint density at radius 2 is 1.76 bits per heavy atom. The van der Waals surface area contributed by atoms with Gasteiger partial charge in [0.15, 0.2) is 0 Å². The lowest BCUT2D eigenvalue weighted by molar-refractivity contribution is 0.0303. The average Bonchev–Trinajstić information content (AvgIpc) is 2.46. The summed E-state index contributed by atoms with van der Waals surface area (Å²) in [7, 11) is -3.30. The number of rotatable bonds is 6. The topological polar surface area (TPSA) is 81.4 Å². The first-order valence-electron chi connectivity index (χ1n) is 7.92. The summed E-state index contributed by atoms with van der Waals surface area (Å²) in [5.41, 5.74) is 5.79. The number of nitrogens with one attached hydrogen (secondary N) is 1. The van der Waals surface area contributed by atoms with E-state index >= 15 is 0 Å². The van der Waals surface area contributed by atoms with Gasteiger partial charge in [-0.1, -0.05) is 19.3 Å². The van der Waals surface area contributed by atoms with E-state index in [1.165, 1.54) is 19.3 Å². The Morgan fingerprint density at radius 1 is 1.10 bits per heavy atom. The highest BCUT2D eigenvalue weighted by Crippen LogP contribution is 2.26. The molecule has 2 aliphatic rings. The predicted octanol–water partition coefficient (Wildman–Crippen LogP) is 1.80. The zero-order valence-electron chi connectivity index (χ0n) is 12.6. The van der Waals surface area contributed by atoms with Gasteiger partial charge in [0, 0.05) is 19.2 Å². The van der Waals surface area contributed by atoms with Gasteiger partial charge in [0.2, 0.25) is 10.0 Å². The molecule has 0 aromatic rings. The molecular formula is C14H29ClN2O3S. The molecule has 1 aliphatic carbocycles. The Bertz CT molecular complexity index is 380. The molecule has 2 rings (SSSR count). The lowest BCUT2D eigenvalue weighted by Crippen LogP contribution is -2.48. The van der Waals surface area contributed by atoms with Crippen LogP contribution in [0.5, 0.6) is 0 Å². The van der Waals surface area contributed by atoms with Gasteiger partial charge in [0.05, 0.1) is 11.9 Å². The first kappa shape index (κ1) is 19.2. The van der Waals surface area contributed by atoms with Crippen LogP contribution in [-0.4, -0.2) is 39.5 Å². The van der Waals surface area contributed by atoms with Crippen molar-refractivity contribution in [3.63, 3.8) is 0 Å². The first-order chi connectivity index (χ1) is 9.61. The van der Waals surface area contributed by atoms with Crippen LogP contribution in [0.3, 0.4) is 0 Å². The molecule has 0 amide bonds. The molecule has 1 heterocycles. The summed E-state index contributed by atoms with van der Waals surface area (Å²) in [6.07, 6.45) is 8.61. The van der Waals surface area contributed by atoms with Gasteiger partial charge in [0.1, 0.15) is 0 Å². The highest BCUT2D eigenvalue weighted by atomic mass is 35.5. The summed E-state index contributed by atoms with van der Waals surface area (Å²) >= 11 is 0. The van der Waals surface area contributed by atoms with Crippen LogP contribution in [0.15, 0.2) is 0 Å². The van der Waals surface area contributed by atoms with Crippen LogP contribution in [0.4, 0.5) is 0 Å². The minimum atomic E-state index is -3.30. The summed E-state index contributed by atoms with van der Waals surface area (Å²) in [4.78, 5) is 0. The van der Waals surface area contributed by atoms with Gasteiger partial charge < -0.3 is 10.5 Å². The zero-order chi connectivity index (χ0) is 14.4. The van der Waals surface area contributed by atoms with Crippen molar-refractivity contribution in [2.24, 2.45) is 11.7 Å². The van der Waals surface area contributed by atoms with Crippen molar-refractivity contribution >= 4 is 22.4 Å². The second kappa shape index (κ2) is 9.30. The number of hydrogen-bond donors (Lipinski definition) is 2. The Kier molecular flexibility index (Phi) is 8.49. The summed E-state index contributed by atoms with van der Waals surface area (Å²) in [5, 5.41) is 0. The van der Waals surface area contributed by atoms with Crippen LogP contribution in [0.25, 0.3) is 0 Å². The van der Waals surface area contributed by atoms with E-state index in [2.05, 4.69) is 4.72 Å². The lowest BCUT2D eigenvalue weighted by Gasteiger charge is -2.30. The third kappa shape index (κ3) is 6.40. The van der Waals surface area contributed by atoms with Crippen LogP contribution in [0.2, 0.25) is 0 Å². The van der Waals surface area contributed by atoms with Crippen LogP contribution < -0.4 is 10.5 Å². The van der Waals surface area contributed by atoms with Crippen molar-refractivity contribution in [1.82, 2.24) is 4.72 Å². The van der Waals surface area contributed by atoms with E-state index in [0.717, 1.165) is 32.1 Å². The molecule has 1 saturated carbocycles. The van der Waals surface area contributed by atoms with Crippen LogP contribution in [-0.2, 0) is 14.8 Å². The molecule has 126 valence electrons.